The van der Waals surface area contributed by atoms with E-state index in [0.717, 1.165) is 20.5 Å². The fourth-order valence-corrected chi connectivity index (χ4v) is 4.33. The summed E-state index contributed by atoms with van der Waals surface area (Å²) < 4.78 is 24.0. The Morgan fingerprint density at radius 2 is 1.96 bits per heavy atom. The number of fused-ring (bicyclic) bond motifs is 1. The Hall–Kier alpha value is -2.46. The van der Waals surface area contributed by atoms with Crippen LogP contribution in [0.2, 0.25) is 0 Å². The van der Waals surface area contributed by atoms with Crippen molar-refractivity contribution in [3.8, 4) is 0 Å². The molecule has 1 aromatic heterocycles. The standard InChI is InChI=1S/C19H22N4O3S2/c1-21-19(22-11-13-5-4-7-15(9-13)28(20,25)26)23-12-16(24)18-10-14-6-2-3-8-17(14)27-18/h2-10,16,24H,11-12H2,1H3,(H2,20,25,26)(H2,21,22,23). The minimum Gasteiger partial charge on any atom is -0.386 e. The van der Waals surface area contributed by atoms with E-state index in [1.54, 1.807) is 30.5 Å². The minimum atomic E-state index is -3.74. The number of hydrogen-bond acceptors (Lipinski definition) is 5. The molecule has 3 aromatic rings. The van der Waals surface area contributed by atoms with E-state index in [1.807, 2.05) is 30.3 Å². The van der Waals surface area contributed by atoms with Gasteiger partial charge >= 0.3 is 0 Å². The average molecular weight is 419 g/mol. The van der Waals surface area contributed by atoms with E-state index >= 15 is 0 Å². The zero-order valence-corrected chi connectivity index (χ0v) is 16.9. The Labute approximate surface area is 168 Å². The molecule has 0 amide bonds. The van der Waals surface area contributed by atoms with Crippen LogP contribution < -0.4 is 15.8 Å². The predicted octanol–water partition coefficient (Wildman–Crippen LogP) is 1.95. The Morgan fingerprint density at radius 3 is 2.68 bits per heavy atom. The first kappa shape index (κ1) is 20.3. The molecule has 0 bridgehead atoms. The first-order chi connectivity index (χ1) is 13.4. The van der Waals surface area contributed by atoms with E-state index in [1.165, 1.54) is 12.1 Å². The number of hydrogen-bond donors (Lipinski definition) is 4. The van der Waals surface area contributed by atoms with Crippen LogP contribution in [0, 0.1) is 0 Å². The van der Waals surface area contributed by atoms with Gasteiger partial charge in [0.2, 0.25) is 10.0 Å². The van der Waals surface area contributed by atoms with Crippen molar-refractivity contribution in [2.24, 2.45) is 10.1 Å². The van der Waals surface area contributed by atoms with Gasteiger partial charge < -0.3 is 15.7 Å². The maximum atomic E-state index is 11.5. The molecule has 1 atom stereocenters. The van der Waals surface area contributed by atoms with E-state index in [2.05, 4.69) is 15.6 Å². The van der Waals surface area contributed by atoms with Crippen molar-refractivity contribution >= 4 is 37.4 Å². The van der Waals surface area contributed by atoms with E-state index in [9.17, 15) is 13.5 Å². The number of aliphatic imine (C=N–C) groups is 1. The van der Waals surface area contributed by atoms with Crippen molar-refractivity contribution in [1.82, 2.24) is 10.6 Å². The van der Waals surface area contributed by atoms with Gasteiger partial charge in [0.05, 0.1) is 4.90 Å². The summed E-state index contributed by atoms with van der Waals surface area (Å²) in [6.45, 7) is 0.658. The molecule has 0 aliphatic carbocycles. The fourth-order valence-electron chi connectivity index (χ4n) is 2.70. The van der Waals surface area contributed by atoms with Crippen LogP contribution in [0.1, 0.15) is 16.5 Å². The van der Waals surface area contributed by atoms with Gasteiger partial charge in [-0.1, -0.05) is 30.3 Å². The van der Waals surface area contributed by atoms with Crippen LogP contribution in [0.5, 0.6) is 0 Å². The van der Waals surface area contributed by atoms with Gasteiger partial charge in [-0.25, -0.2) is 13.6 Å². The lowest BCUT2D eigenvalue weighted by Gasteiger charge is -2.15. The zero-order valence-electron chi connectivity index (χ0n) is 15.3. The quantitative estimate of drug-likeness (QED) is 0.361. The van der Waals surface area contributed by atoms with Crippen LogP contribution in [0.25, 0.3) is 10.1 Å². The van der Waals surface area contributed by atoms with Gasteiger partial charge in [0, 0.05) is 29.7 Å². The predicted molar refractivity (Wildman–Crippen MR) is 113 cm³/mol. The van der Waals surface area contributed by atoms with Crippen molar-refractivity contribution in [2.45, 2.75) is 17.5 Å². The van der Waals surface area contributed by atoms with Gasteiger partial charge in [0.15, 0.2) is 5.96 Å². The molecule has 0 saturated heterocycles. The number of nitrogens with zero attached hydrogens (tertiary/aromatic N) is 1. The van der Waals surface area contributed by atoms with Gasteiger partial charge in [-0.15, -0.1) is 11.3 Å². The van der Waals surface area contributed by atoms with E-state index in [-0.39, 0.29) is 4.90 Å². The number of nitrogens with one attached hydrogen (secondary N) is 2. The highest BCUT2D eigenvalue weighted by atomic mass is 32.2. The van der Waals surface area contributed by atoms with Gasteiger partial charge in [-0.3, -0.25) is 4.99 Å². The molecular weight excluding hydrogens is 396 g/mol. The largest absolute Gasteiger partial charge is 0.386 e. The molecule has 28 heavy (non-hydrogen) atoms. The third-order valence-electron chi connectivity index (χ3n) is 4.15. The average Bonchev–Trinajstić information content (AvgIpc) is 3.12. The molecule has 1 unspecified atom stereocenters. The lowest BCUT2D eigenvalue weighted by Crippen LogP contribution is -2.38. The lowest BCUT2D eigenvalue weighted by atomic mass is 10.2. The fraction of sp³-hybridized carbons (Fsp3) is 0.211. The summed E-state index contributed by atoms with van der Waals surface area (Å²) in [6.07, 6.45) is -0.665. The number of sulfonamides is 1. The van der Waals surface area contributed by atoms with Crippen molar-refractivity contribution in [3.05, 3.63) is 65.0 Å². The first-order valence-electron chi connectivity index (χ1n) is 8.59. The molecule has 9 heteroatoms. The van der Waals surface area contributed by atoms with E-state index in [0.29, 0.717) is 19.0 Å². The summed E-state index contributed by atoms with van der Waals surface area (Å²) in [7, 11) is -2.11. The molecule has 7 nitrogen and oxygen atoms in total. The highest BCUT2D eigenvalue weighted by molar-refractivity contribution is 7.89. The molecule has 0 aliphatic rings. The Kier molecular flexibility index (Phi) is 6.30. The van der Waals surface area contributed by atoms with Gasteiger partial charge in [0.1, 0.15) is 6.10 Å². The van der Waals surface area contributed by atoms with Gasteiger partial charge in [-0.05, 0) is 35.2 Å². The summed E-state index contributed by atoms with van der Waals surface area (Å²) in [4.78, 5) is 5.07. The van der Waals surface area contributed by atoms with Gasteiger partial charge in [-0.2, -0.15) is 0 Å². The topological polar surface area (TPSA) is 117 Å². The lowest BCUT2D eigenvalue weighted by molar-refractivity contribution is 0.184. The third kappa shape index (κ3) is 5.08. The molecule has 0 radical (unpaired) electrons. The molecule has 1 heterocycles. The molecule has 0 saturated carbocycles. The zero-order chi connectivity index (χ0) is 20.1. The number of aliphatic hydroxyl groups excluding tert-OH is 1. The first-order valence-corrected chi connectivity index (χ1v) is 11.0. The smallest absolute Gasteiger partial charge is 0.238 e. The summed E-state index contributed by atoms with van der Waals surface area (Å²) in [5.41, 5.74) is 0.750. The molecular formula is C19H22N4O3S2. The van der Waals surface area contributed by atoms with Crippen LogP contribution >= 0.6 is 11.3 Å². The van der Waals surface area contributed by atoms with E-state index < -0.39 is 16.1 Å². The highest BCUT2D eigenvalue weighted by Gasteiger charge is 2.12. The molecule has 0 fully saturated rings. The van der Waals surface area contributed by atoms with E-state index in [4.69, 9.17) is 5.14 Å². The Morgan fingerprint density at radius 1 is 1.18 bits per heavy atom. The number of guanidine groups is 1. The molecule has 3 rings (SSSR count). The second-order valence-corrected chi connectivity index (χ2v) is 8.88. The number of thiophene rings is 1. The molecule has 148 valence electrons. The second kappa shape index (κ2) is 8.70. The maximum Gasteiger partial charge on any atom is 0.238 e. The third-order valence-corrected chi connectivity index (χ3v) is 6.27. The summed E-state index contributed by atoms with van der Waals surface area (Å²) in [6, 6.07) is 16.4. The SMILES string of the molecule is CN=C(NCc1cccc(S(N)(=O)=O)c1)NCC(O)c1cc2ccccc2s1. The van der Waals surface area contributed by atoms with Crippen LogP contribution in [0.15, 0.2) is 64.5 Å². The summed E-state index contributed by atoms with van der Waals surface area (Å²) in [5.74, 6) is 0.501. The van der Waals surface area contributed by atoms with Crippen molar-refractivity contribution < 1.29 is 13.5 Å². The summed E-state index contributed by atoms with van der Waals surface area (Å²) in [5, 5.41) is 22.9. The van der Waals surface area contributed by atoms with Crippen molar-refractivity contribution in [2.75, 3.05) is 13.6 Å². The van der Waals surface area contributed by atoms with Crippen LogP contribution in [-0.2, 0) is 16.6 Å². The number of nitrogens with two attached hydrogens (primary N) is 1. The van der Waals surface area contributed by atoms with Crippen LogP contribution in [-0.4, -0.2) is 33.1 Å². The molecule has 2 aromatic carbocycles. The molecule has 5 N–H and O–H groups in total. The second-order valence-electron chi connectivity index (χ2n) is 6.20. The monoisotopic (exact) mass is 418 g/mol. The van der Waals surface area contributed by atoms with Crippen LogP contribution in [0.3, 0.4) is 0 Å². The number of benzene rings is 2. The number of aliphatic hydroxyl groups is 1. The maximum absolute atomic E-state index is 11.5. The van der Waals surface area contributed by atoms with Crippen molar-refractivity contribution in [1.29, 1.82) is 0 Å². The van der Waals surface area contributed by atoms with Crippen molar-refractivity contribution in [3.63, 3.8) is 0 Å². The normalized spacial score (nSPS) is 13.5. The minimum absolute atomic E-state index is 0.0648. The molecule has 0 aliphatic heterocycles. The summed E-state index contributed by atoms with van der Waals surface area (Å²) >= 11 is 1.56. The van der Waals surface area contributed by atoms with Gasteiger partial charge in [0.25, 0.3) is 0 Å². The highest BCUT2D eigenvalue weighted by Crippen LogP contribution is 2.29. The Bertz CT molecular complexity index is 1060. The molecule has 0 spiro atoms. The Balaban J connectivity index is 1.57. The number of rotatable bonds is 6. The number of primary sulfonamides is 1. The van der Waals surface area contributed by atoms with Crippen LogP contribution in [0.4, 0.5) is 0 Å².